The van der Waals surface area contributed by atoms with Crippen molar-refractivity contribution in [3.8, 4) is 17.2 Å². The van der Waals surface area contributed by atoms with Crippen molar-refractivity contribution in [2.24, 2.45) is 0 Å². The van der Waals surface area contributed by atoms with Crippen molar-refractivity contribution in [2.45, 2.75) is 30.9 Å². The summed E-state index contributed by atoms with van der Waals surface area (Å²) in [6, 6.07) is 21.2. The Morgan fingerprint density at radius 1 is 0.861 bits per heavy atom. The van der Waals surface area contributed by atoms with Gasteiger partial charge in [-0.3, -0.25) is 4.79 Å². The van der Waals surface area contributed by atoms with Crippen molar-refractivity contribution in [3.05, 3.63) is 89.5 Å². The molecular formula is C27H30O7S2. The summed E-state index contributed by atoms with van der Waals surface area (Å²) >= 11 is 1.42. The number of phenolic OH excluding ortho intramolecular Hbond substituents is 1. The molecule has 0 unspecified atom stereocenters. The number of aliphatic carboxylic acids is 1. The third kappa shape index (κ3) is 8.80. The van der Waals surface area contributed by atoms with E-state index in [4.69, 9.17) is 8.92 Å². The molecule has 0 fully saturated rings. The Labute approximate surface area is 216 Å². The van der Waals surface area contributed by atoms with Gasteiger partial charge in [-0.1, -0.05) is 36.4 Å². The standard InChI is InChI=1S/C27H30O7S2/c1-27(26(29)30,35-18-16-21-7-9-23(28)10-8-21)19-22-5-3-20(4-6-22)15-17-33-24-11-13-25(14-12-24)34-36(2,31)32/h3-14,28H,15-19H2,1-2H3,(H,29,30)/t27-/m0/s1. The Morgan fingerprint density at radius 3 is 1.97 bits per heavy atom. The molecule has 0 aliphatic heterocycles. The lowest BCUT2D eigenvalue weighted by atomic mass is 9.99. The first kappa shape index (κ1) is 27.4. The van der Waals surface area contributed by atoms with Gasteiger partial charge in [-0.05, 0) is 78.6 Å². The smallest absolute Gasteiger partial charge is 0.319 e. The van der Waals surface area contributed by atoms with Crippen molar-refractivity contribution in [1.82, 2.24) is 0 Å². The fourth-order valence-electron chi connectivity index (χ4n) is 3.51. The number of carboxylic acids is 1. The van der Waals surface area contributed by atoms with Gasteiger partial charge in [0.25, 0.3) is 0 Å². The molecular weight excluding hydrogens is 500 g/mol. The van der Waals surface area contributed by atoms with Crippen LogP contribution in [-0.4, -0.2) is 48.0 Å². The van der Waals surface area contributed by atoms with Gasteiger partial charge in [0.05, 0.1) is 12.9 Å². The lowest BCUT2D eigenvalue weighted by Gasteiger charge is -2.24. The van der Waals surface area contributed by atoms with Gasteiger partial charge in [-0.25, -0.2) is 0 Å². The van der Waals surface area contributed by atoms with Crippen molar-refractivity contribution in [1.29, 1.82) is 0 Å². The van der Waals surface area contributed by atoms with E-state index in [-0.39, 0.29) is 11.5 Å². The zero-order valence-corrected chi connectivity index (χ0v) is 21.8. The van der Waals surface area contributed by atoms with Gasteiger partial charge in [0, 0.05) is 6.42 Å². The fraction of sp³-hybridized carbons (Fsp3) is 0.296. The van der Waals surface area contributed by atoms with Gasteiger partial charge < -0.3 is 19.1 Å². The van der Waals surface area contributed by atoms with E-state index in [1.165, 1.54) is 23.9 Å². The lowest BCUT2D eigenvalue weighted by molar-refractivity contribution is -0.139. The van der Waals surface area contributed by atoms with Gasteiger partial charge in [0.1, 0.15) is 22.0 Å². The maximum atomic E-state index is 12.0. The topological polar surface area (TPSA) is 110 Å². The number of carboxylic acid groups (broad SMARTS) is 1. The van der Waals surface area contributed by atoms with E-state index in [0.29, 0.717) is 31.0 Å². The first-order chi connectivity index (χ1) is 17.0. The summed E-state index contributed by atoms with van der Waals surface area (Å²) in [6.07, 6.45) is 2.78. The summed E-state index contributed by atoms with van der Waals surface area (Å²) in [7, 11) is -3.56. The van der Waals surface area contributed by atoms with Crippen LogP contribution in [0.15, 0.2) is 72.8 Å². The van der Waals surface area contributed by atoms with Crippen LogP contribution in [-0.2, 0) is 34.2 Å². The predicted molar refractivity (Wildman–Crippen MR) is 142 cm³/mol. The van der Waals surface area contributed by atoms with Gasteiger partial charge in [0.15, 0.2) is 0 Å². The molecule has 0 amide bonds. The molecule has 0 heterocycles. The van der Waals surface area contributed by atoms with Crippen LogP contribution in [0.5, 0.6) is 17.2 Å². The average Bonchev–Trinajstić information content (AvgIpc) is 2.81. The summed E-state index contributed by atoms with van der Waals surface area (Å²) in [5.74, 6) is 0.863. The van der Waals surface area contributed by atoms with E-state index in [1.807, 2.05) is 36.4 Å². The van der Waals surface area contributed by atoms with E-state index < -0.39 is 20.8 Å². The Hall–Kier alpha value is -3.17. The Bertz CT molecular complexity index is 1240. The normalized spacial score (nSPS) is 13.1. The van der Waals surface area contributed by atoms with Gasteiger partial charge in [-0.2, -0.15) is 8.42 Å². The summed E-state index contributed by atoms with van der Waals surface area (Å²) in [5.41, 5.74) is 3.06. The molecule has 36 heavy (non-hydrogen) atoms. The minimum absolute atomic E-state index is 0.215. The number of benzene rings is 3. The number of rotatable bonds is 13. The largest absolute Gasteiger partial charge is 0.508 e. The molecule has 3 rings (SSSR count). The van der Waals surface area contributed by atoms with Gasteiger partial charge in [0.2, 0.25) is 0 Å². The maximum absolute atomic E-state index is 12.0. The quantitative estimate of drug-likeness (QED) is 0.306. The van der Waals surface area contributed by atoms with Crippen LogP contribution in [0.25, 0.3) is 0 Å². The van der Waals surface area contributed by atoms with Crippen LogP contribution in [0.1, 0.15) is 23.6 Å². The second-order valence-electron chi connectivity index (χ2n) is 8.65. The molecule has 1 atom stereocenters. The molecule has 7 nitrogen and oxygen atoms in total. The molecule has 0 aliphatic carbocycles. The third-order valence-electron chi connectivity index (χ3n) is 5.50. The second kappa shape index (κ2) is 12.2. The zero-order chi connectivity index (χ0) is 26.2. The zero-order valence-electron chi connectivity index (χ0n) is 20.2. The van der Waals surface area contributed by atoms with Crippen LogP contribution in [0.2, 0.25) is 0 Å². The van der Waals surface area contributed by atoms with E-state index in [2.05, 4.69) is 0 Å². The molecule has 3 aromatic carbocycles. The minimum atomic E-state index is -3.56. The lowest BCUT2D eigenvalue weighted by Crippen LogP contribution is -2.34. The van der Waals surface area contributed by atoms with E-state index in [0.717, 1.165) is 29.4 Å². The molecule has 0 saturated carbocycles. The Balaban J connectivity index is 1.48. The van der Waals surface area contributed by atoms with Crippen molar-refractivity contribution in [2.75, 3.05) is 18.6 Å². The van der Waals surface area contributed by atoms with E-state index in [9.17, 15) is 23.4 Å². The van der Waals surface area contributed by atoms with Crippen LogP contribution in [0.3, 0.4) is 0 Å². The molecule has 3 aromatic rings. The molecule has 0 aliphatic rings. The number of ether oxygens (including phenoxy) is 1. The van der Waals surface area contributed by atoms with Crippen molar-refractivity contribution < 1.29 is 32.3 Å². The molecule has 0 radical (unpaired) electrons. The molecule has 0 spiro atoms. The highest BCUT2D eigenvalue weighted by Gasteiger charge is 2.33. The number of aryl methyl sites for hydroxylation is 1. The molecule has 9 heteroatoms. The van der Waals surface area contributed by atoms with E-state index >= 15 is 0 Å². The molecule has 0 saturated heterocycles. The minimum Gasteiger partial charge on any atom is -0.508 e. The highest BCUT2D eigenvalue weighted by Crippen LogP contribution is 2.31. The molecule has 0 bridgehead atoms. The van der Waals surface area contributed by atoms with Gasteiger partial charge in [-0.15, -0.1) is 11.8 Å². The summed E-state index contributed by atoms with van der Waals surface area (Å²) < 4.78 is 31.9. The highest BCUT2D eigenvalue weighted by atomic mass is 32.2. The third-order valence-corrected chi connectivity index (χ3v) is 7.35. The fourth-order valence-corrected chi connectivity index (χ4v) is 5.15. The van der Waals surface area contributed by atoms with Crippen LogP contribution in [0.4, 0.5) is 0 Å². The Kier molecular flexibility index (Phi) is 9.28. The van der Waals surface area contributed by atoms with Crippen LogP contribution < -0.4 is 8.92 Å². The van der Waals surface area contributed by atoms with E-state index in [1.54, 1.807) is 31.2 Å². The summed E-state index contributed by atoms with van der Waals surface area (Å²) in [6.45, 7) is 2.19. The van der Waals surface area contributed by atoms with Gasteiger partial charge >= 0.3 is 16.1 Å². The van der Waals surface area contributed by atoms with Crippen LogP contribution >= 0.6 is 11.8 Å². The average molecular weight is 531 g/mol. The number of hydrogen-bond acceptors (Lipinski definition) is 7. The van der Waals surface area contributed by atoms with Crippen molar-refractivity contribution in [3.63, 3.8) is 0 Å². The van der Waals surface area contributed by atoms with Crippen molar-refractivity contribution >= 4 is 27.8 Å². The SMILES string of the molecule is C[C@@](Cc1ccc(CCOc2ccc(OS(C)(=O)=O)cc2)cc1)(SCCc1ccc(O)cc1)C(=O)O. The predicted octanol–water partition coefficient (Wildman–Crippen LogP) is 4.71. The molecule has 192 valence electrons. The second-order valence-corrected chi connectivity index (χ2v) is 11.8. The summed E-state index contributed by atoms with van der Waals surface area (Å²) in [4.78, 5) is 12.0. The molecule has 2 N–H and O–H groups in total. The summed E-state index contributed by atoms with van der Waals surface area (Å²) in [5, 5.41) is 19.3. The highest BCUT2D eigenvalue weighted by molar-refractivity contribution is 8.01. The monoisotopic (exact) mass is 530 g/mol. The maximum Gasteiger partial charge on any atom is 0.319 e. The first-order valence-corrected chi connectivity index (χ1v) is 14.2. The van der Waals surface area contributed by atoms with Crippen LogP contribution in [0, 0.1) is 0 Å². The number of carbonyl (C=O) groups is 1. The Morgan fingerprint density at radius 2 is 1.39 bits per heavy atom. The number of phenols is 1. The number of thioether (sulfide) groups is 1. The first-order valence-electron chi connectivity index (χ1n) is 11.4. The number of hydrogen-bond donors (Lipinski definition) is 2. The molecule has 0 aromatic heterocycles. The number of aromatic hydroxyl groups is 1.